The number of rotatable bonds is 10. The molecule has 0 saturated carbocycles. The average Bonchev–Trinajstić information content (AvgIpc) is 3.54. The number of aryl methyl sites for hydroxylation is 1. The minimum absolute atomic E-state index is 0.965. The van der Waals surface area contributed by atoms with Crippen molar-refractivity contribution in [3.05, 3.63) is 72.7 Å². The van der Waals surface area contributed by atoms with Crippen LogP contribution in [0.3, 0.4) is 0 Å². The summed E-state index contributed by atoms with van der Waals surface area (Å²) in [4.78, 5) is 0. The van der Waals surface area contributed by atoms with Crippen LogP contribution >= 0.6 is 0 Å². The summed E-state index contributed by atoms with van der Waals surface area (Å²) in [7, 11) is 0. The molecular weight excluding hydrogens is 428 g/mol. The van der Waals surface area contributed by atoms with Gasteiger partial charge in [0.25, 0.3) is 0 Å². The largest absolute Gasteiger partial charge is 0.464 e. The zero-order valence-electron chi connectivity index (χ0n) is 20.7. The third-order valence-electron chi connectivity index (χ3n) is 7.67. The van der Waals surface area contributed by atoms with E-state index in [9.17, 15) is 0 Å². The molecule has 0 N–H and O–H groups in total. The fraction of sp³-hybridized carbons (Fsp3) is 0.333. The van der Waals surface area contributed by atoms with Gasteiger partial charge in [-0.15, -0.1) is 0 Å². The van der Waals surface area contributed by atoms with Gasteiger partial charge in [-0.3, -0.25) is 0 Å². The lowest BCUT2D eigenvalue weighted by atomic mass is 9.95. The number of benzene rings is 4. The third-order valence-corrected chi connectivity index (χ3v) is 7.67. The van der Waals surface area contributed by atoms with Crippen molar-refractivity contribution in [3.63, 3.8) is 0 Å². The highest BCUT2D eigenvalue weighted by molar-refractivity contribution is 6.23. The second kappa shape index (κ2) is 9.77. The topological polar surface area (TPSA) is 26.3 Å². The maximum atomic E-state index is 6.42. The van der Waals surface area contributed by atoms with E-state index >= 15 is 0 Å². The molecule has 2 heterocycles. The van der Waals surface area contributed by atoms with Gasteiger partial charge in [-0.25, -0.2) is 0 Å². The molecule has 2 aromatic heterocycles. The van der Waals surface area contributed by atoms with Crippen LogP contribution in [0.1, 0.15) is 70.5 Å². The van der Waals surface area contributed by atoms with E-state index in [1.165, 1.54) is 95.5 Å². The number of fused-ring (bicyclic) bond motifs is 9. The van der Waals surface area contributed by atoms with Crippen LogP contribution in [0, 0.1) is 0 Å². The summed E-state index contributed by atoms with van der Waals surface area (Å²) in [5.74, 6) is 1.12. The zero-order valence-corrected chi connectivity index (χ0v) is 20.7. The van der Waals surface area contributed by atoms with E-state index in [4.69, 9.17) is 8.83 Å². The van der Waals surface area contributed by atoms with Crippen molar-refractivity contribution >= 4 is 54.3 Å². The van der Waals surface area contributed by atoms with E-state index in [2.05, 4.69) is 61.5 Å². The van der Waals surface area contributed by atoms with Crippen molar-refractivity contribution in [3.8, 4) is 0 Å². The van der Waals surface area contributed by atoms with Gasteiger partial charge in [-0.2, -0.15) is 0 Å². The second-order valence-electron chi connectivity index (χ2n) is 10.1. The van der Waals surface area contributed by atoms with Crippen LogP contribution in [0.25, 0.3) is 54.3 Å². The summed E-state index contributed by atoms with van der Waals surface area (Å²) in [6, 6.07) is 22.0. The third kappa shape index (κ3) is 4.20. The molecule has 0 atom stereocenters. The Morgan fingerprint density at radius 1 is 0.514 bits per heavy atom. The molecule has 0 aliphatic carbocycles. The predicted molar refractivity (Wildman–Crippen MR) is 149 cm³/mol. The highest BCUT2D eigenvalue weighted by Gasteiger charge is 2.12. The minimum atomic E-state index is 0.965. The Labute approximate surface area is 206 Å². The number of hydrogen-bond donors (Lipinski definition) is 0. The SMILES string of the molecule is CCCCCCCCCCCc1cc2ccc3c4ccc5c(ccc6ccoc65)c4ccc3c2o1. The first-order valence-electron chi connectivity index (χ1n) is 13.5. The zero-order chi connectivity index (χ0) is 23.6. The van der Waals surface area contributed by atoms with E-state index in [-0.39, 0.29) is 0 Å². The van der Waals surface area contributed by atoms with Gasteiger partial charge in [-0.05, 0) is 52.2 Å². The van der Waals surface area contributed by atoms with Crippen LogP contribution in [0.4, 0.5) is 0 Å². The van der Waals surface area contributed by atoms with Crippen LogP contribution in [0.15, 0.2) is 75.8 Å². The van der Waals surface area contributed by atoms with Crippen LogP contribution in [-0.4, -0.2) is 0 Å². The molecule has 6 aromatic rings. The van der Waals surface area contributed by atoms with Crippen LogP contribution in [0.5, 0.6) is 0 Å². The van der Waals surface area contributed by atoms with Crippen LogP contribution in [0.2, 0.25) is 0 Å². The first kappa shape index (κ1) is 22.2. The maximum absolute atomic E-state index is 6.42. The van der Waals surface area contributed by atoms with E-state index in [1.807, 2.05) is 6.07 Å². The number of hydrogen-bond acceptors (Lipinski definition) is 2. The molecule has 0 spiro atoms. The number of unbranched alkanes of at least 4 members (excludes halogenated alkanes) is 8. The molecule has 0 aliphatic rings. The maximum Gasteiger partial charge on any atom is 0.142 e. The monoisotopic (exact) mass is 462 g/mol. The quantitative estimate of drug-likeness (QED) is 0.149. The highest BCUT2D eigenvalue weighted by atomic mass is 16.3. The molecule has 0 unspecified atom stereocenters. The summed E-state index contributed by atoms with van der Waals surface area (Å²) < 4.78 is 12.2. The van der Waals surface area contributed by atoms with Gasteiger partial charge in [0.1, 0.15) is 16.9 Å². The molecule has 35 heavy (non-hydrogen) atoms. The number of furan rings is 2. The Kier molecular flexibility index (Phi) is 6.21. The summed E-state index contributed by atoms with van der Waals surface area (Å²) in [6.45, 7) is 2.28. The summed E-state index contributed by atoms with van der Waals surface area (Å²) in [6.07, 6.45) is 15.0. The van der Waals surface area contributed by atoms with Crippen molar-refractivity contribution in [2.75, 3.05) is 0 Å². The fourth-order valence-corrected chi connectivity index (χ4v) is 5.75. The molecule has 6 rings (SSSR count). The molecule has 2 heteroatoms. The first-order chi connectivity index (χ1) is 17.3. The van der Waals surface area contributed by atoms with Gasteiger partial charge in [0, 0.05) is 28.0 Å². The Hall–Kier alpha value is -3.26. The highest BCUT2D eigenvalue weighted by Crippen LogP contribution is 2.37. The Morgan fingerprint density at radius 3 is 1.77 bits per heavy atom. The van der Waals surface area contributed by atoms with Gasteiger partial charge in [0.2, 0.25) is 0 Å². The predicted octanol–water partition coefficient (Wildman–Crippen LogP) is 10.7. The van der Waals surface area contributed by atoms with Crippen LogP contribution < -0.4 is 0 Å². The second-order valence-corrected chi connectivity index (χ2v) is 10.1. The van der Waals surface area contributed by atoms with Crippen molar-refractivity contribution in [1.82, 2.24) is 0 Å². The fourth-order valence-electron chi connectivity index (χ4n) is 5.75. The molecule has 0 aliphatic heterocycles. The van der Waals surface area contributed by atoms with Gasteiger partial charge < -0.3 is 8.83 Å². The molecule has 4 aromatic carbocycles. The van der Waals surface area contributed by atoms with Gasteiger partial charge in [-0.1, -0.05) is 94.7 Å². The molecule has 0 amide bonds. The van der Waals surface area contributed by atoms with Crippen molar-refractivity contribution in [2.24, 2.45) is 0 Å². The summed E-state index contributed by atoms with van der Waals surface area (Å²) in [5, 5.41) is 9.73. The van der Waals surface area contributed by atoms with E-state index < -0.39 is 0 Å². The Morgan fingerprint density at radius 2 is 1.06 bits per heavy atom. The van der Waals surface area contributed by atoms with Crippen molar-refractivity contribution in [2.45, 2.75) is 71.1 Å². The van der Waals surface area contributed by atoms with E-state index in [1.54, 1.807) is 6.26 Å². The lowest BCUT2D eigenvalue weighted by molar-refractivity contribution is 0.518. The molecule has 0 fully saturated rings. The van der Waals surface area contributed by atoms with Gasteiger partial charge in [0.05, 0.1) is 6.26 Å². The van der Waals surface area contributed by atoms with Crippen LogP contribution in [-0.2, 0) is 6.42 Å². The molecule has 0 bridgehead atoms. The van der Waals surface area contributed by atoms with Crippen molar-refractivity contribution in [1.29, 1.82) is 0 Å². The van der Waals surface area contributed by atoms with E-state index in [0.29, 0.717) is 0 Å². The van der Waals surface area contributed by atoms with Gasteiger partial charge in [0.15, 0.2) is 0 Å². The smallest absolute Gasteiger partial charge is 0.142 e. The lowest BCUT2D eigenvalue weighted by Gasteiger charge is -2.08. The van der Waals surface area contributed by atoms with E-state index in [0.717, 1.165) is 28.7 Å². The normalized spacial score (nSPS) is 12.1. The van der Waals surface area contributed by atoms with Crippen molar-refractivity contribution < 1.29 is 8.83 Å². The van der Waals surface area contributed by atoms with Gasteiger partial charge >= 0.3 is 0 Å². The average molecular weight is 463 g/mol. The molecule has 178 valence electrons. The summed E-state index contributed by atoms with van der Waals surface area (Å²) >= 11 is 0. The molecule has 0 saturated heterocycles. The molecule has 0 radical (unpaired) electrons. The summed E-state index contributed by atoms with van der Waals surface area (Å²) in [5.41, 5.74) is 1.99. The molecule has 2 nitrogen and oxygen atoms in total. The lowest BCUT2D eigenvalue weighted by Crippen LogP contribution is -1.84. The first-order valence-corrected chi connectivity index (χ1v) is 13.5. The standard InChI is InChI=1S/C33H34O2/c1-2-3-4-5-6-7-8-9-10-11-25-22-24-13-15-29-27-16-18-30-28(14-12-23-20-21-34-32(23)30)26(27)17-19-31(29)33(24)35-25/h12-22H,2-11H2,1H3. The Balaban J connectivity index is 1.23. The molecular formula is C33H34O2. The minimum Gasteiger partial charge on any atom is -0.464 e. The Bertz CT molecular complexity index is 1610.